The number of aromatic nitrogens is 1. The summed E-state index contributed by atoms with van der Waals surface area (Å²) in [6.45, 7) is 3.20. The first kappa shape index (κ1) is 15.9. The van der Waals surface area contributed by atoms with Gasteiger partial charge in [-0.15, -0.1) is 0 Å². The van der Waals surface area contributed by atoms with Crippen LogP contribution in [0.3, 0.4) is 0 Å². The van der Waals surface area contributed by atoms with Crippen LogP contribution < -0.4 is 5.56 Å². The molecule has 114 valence electrons. The summed E-state index contributed by atoms with van der Waals surface area (Å²) in [6, 6.07) is 8.88. The highest BCUT2D eigenvalue weighted by Crippen LogP contribution is 2.23. The number of halogens is 1. The van der Waals surface area contributed by atoms with Crippen LogP contribution in [0.25, 0.3) is 11.3 Å². The van der Waals surface area contributed by atoms with Crippen LogP contribution in [0.4, 0.5) is 4.39 Å². The molecule has 0 aromatic carbocycles. The fraction of sp³-hybridized carbons (Fsp3) is 0.222. The minimum Gasteiger partial charge on any atom is -0.321 e. The van der Waals surface area contributed by atoms with Gasteiger partial charge in [0.05, 0.1) is 5.56 Å². The number of carbonyl (C=O) groups is 1. The topological polar surface area (TPSA) is 49.9 Å². The Labute approximate surface area is 128 Å². The first-order valence-electron chi connectivity index (χ1n) is 7.14. The third-order valence-corrected chi connectivity index (χ3v) is 3.25. The lowest BCUT2D eigenvalue weighted by molar-refractivity contribution is 0.0993. The largest absolute Gasteiger partial charge is 0.321 e. The average Bonchev–Trinajstić information content (AvgIpc) is 2.59. The first-order chi connectivity index (χ1) is 10.5. The molecule has 2 rings (SSSR count). The summed E-state index contributed by atoms with van der Waals surface area (Å²) >= 11 is 0. The Morgan fingerprint density at radius 1 is 1.32 bits per heavy atom. The normalized spacial score (nSPS) is 13.7. The number of ketones is 1. The predicted octanol–water partition coefficient (Wildman–Crippen LogP) is 3.91. The van der Waals surface area contributed by atoms with E-state index < -0.39 is 11.7 Å². The van der Waals surface area contributed by atoms with Crippen LogP contribution in [-0.2, 0) is 0 Å². The van der Waals surface area contributed by atoms with Crippen molar-refractivity contribution in [2.24, 2.45) is 0 Å². The Hall–Kier alpha value is -2.49. The first-order valence-corrected chi connectivity index (χ1v) is 7.14. The van der Waals surface area contributed by atoms with Gasteiger partial charge in [0.2, 0.25) is 0 Å². The summed E-state index contributed by atoms with van der Waals surface area (Å²) in [5.41, 5.74) is 1.51. The number of hydrogen-bond acceptors (Lipinski definition) is 2. The van der Waals surface area contributed by atoms with Crippen molar-refractivity contribution >= 4 is 5.78 Å². The second-order valence-electron chi connectivity index (χ2n) is 5.09. The second-order valence-corrected chi connectivity index (χ2v) is 5.09. The molecule has 3 nitrogen and oxygen atoms in total. The fourth-order valence-electron chi connectivity index (χ4n) is 2.41. The molecule has 0 amide bonds. The molecular weight excluding hydrogens is 281 g/mol. The van der Waals surface area contributed by atoms with Crippen molar-refractivity contribution in [2.45, 2.75) is 26.4 Å². The van der Waals surface area contributed by atoms with Gasteiger partial charge in [0.25, 0.3) is 5.56 Å². The predicted molar refractivity (Wildman–Crippen MR) is 86.1 cm³/mol. The Balaban J connectivity index is 2.39. The van der Waals surface area contributed by atoms with E-state index in [2.05, 4.69) is 4.98 Å². The van der Waals surface area contributed by atoms with Gasteiger partial charge in [-0.2, -0.15) is 0 Å². The van der Waals surface area contributed by atoms with E-state index in [1.807, 2.05) is 6.07 Å². The number of H-pyrrole nitrogens is 1. The maximum absolute atomic E-state index is 13.2. The molecule has 1 unspecified atom stereocenters. The van der Waals surface area contributed by atoms with Crippen molar-refractivity contribution in [1.29, 1.82) is 0 Å². The lowest BCUT2D eigenvalue weighted by Gasteiger charge is -2.03. The molecule has 0 spiro atoms. The van der Waals surface area contributed by atoms with Crippen LogP contribution in [-0.4, -0.2) is 16.9 Å². The van der Waals surface area contributed by atoms with Crippen molar-refractivity contribution in [1.82, 2.24) is 4.98 Å². The minimum absolute atomic E-state index is 0.000593. The van der Waals surface area contributed by atoms with Crippen molar-refractivity contribution in [3.63, 3.8) is 0 Å². The molecule has 1 atom stereocenters. The lowest BCUT2D eigenvalue weighted by atomic mass is 9.99. The average molecular weight is 299 g/mol. The summed E-state index contributed by atoms with van der Waals surface area (Å²) in [5, 5.41) is 0. The number of rotatable bonds is 5. The molecule has 0 aromatic heterocycles. The Kier molecular flexibility index (Phi) is 5.04. The molecule has 0 bridgehead atoms. The molecule has 2 aliphatic rings. The number of allylic oxidation sites excluding steroid dienone is 4. The van der Waals surface area contributed by atoms with Gasteiger partial charge in [-0.1, -0.05) is 36.4 Å². The van der Waals surface area contributed by atoms with Gasteiger partial charge in [0.15, 0.2) is 5.78 Å². The maximum Gasteiger partial charge on any atom is 0.259 e. The molecule has 0 saturated heterocycles. The van der Waals surface area contributed by atoms with Crippen molar-refractivity contribution in [3.05, 3.63) is 70.1 Å². The summed E-state index contributed by atoms with van der Waals surface area (Å²) in [7, 11) is 0. The molecule has 22 heavy (non-hydrogen) atoms. The lowest BCUT2D eigenvalue weighted by Crippen LogP contribution is -2.13. The van der Waals surface area contributed by atoms with Crippen LogP contribution in [0.15, 0.2) is 58.9 Å². The van der Waals surface area contributed by atoms with Gasteiger partial charge in [-0.25, -0.2) is 4.39 Å². The molecular formula is C18H18FNO2. The fourth-order valence-corrected chi connectivity index (χ4v) is 2.41. The number of Topliss-reactive ketones (excluding diaryl/α,β-unsaturated/α-hetero) is 1. The highest BCUT2D eigenvalue weighted by Gasteiger charge is 2.20. The number of carbonyl (C=O) groups excluding carboxylic acids is 1. The van der Waals surface area contributed by atoms with E-state index in [4.69, 9.17) is 0 Å². The number of alkyl halides is 1. The summed E-state index contributed by atoms with van der Waals surface area (Å²) in [6.07, 6.45) is 3.67. The third kappa shape index (κ3) is 3.58. The van der Waals surface area contributed by atoms with Gasteiger partial charge in [0.1, 0.15) is 6.17 Å². The highest BCUT2D eigenvalue weighted by atomic mass is 19.1. The van der Waals surface area contributed by atoms with Crippen molar-refractivity contribution < 1.29 is 9.18 Å². The van der Waals surface area contributed by atoms with E-state index in [-0.39, 0.29) is 17.8 Å². The zero-order chi connectivity index (χ0) is 16.1. The van der Waals surface area contributed by atoms with E-state index in [9.17, 15) is 14.0 Å². The van der Waals surface area contributed by atoms with Gasteiger partial charge in [-0.3, -0.25) is 9.59 Å². The highest BCUT2D eigenvalue weighted by molar-refractivity contribution is 6.03. The van der Waals surface area contributed by atoms with Crippen LogP contribution >= 0.6 is 0 Å². The van der Waals surface area contributed by atoms with Crippen LogP contribution in [0, 0.1) is 0 Å². The molecule has 1 aliphatic heterocycles. The van der Waals surface area contributed by atoms with Gasteiger partial charge >= 0.3 is 0 Å². The van der Waals surface area contributed by atoms with Gasteiger partial charge in [-0.05, 0) is 31.6 Å². The van der Waals surface area contributed by atoms with Crippen molar-refractivity contribution in [2.75, 3.05) is 0 Å². The smallest absolute Gasteiger partial charge is 0.259 e. The second kappa shape index (κ2) is 6.98. The summed E-state index contributed by atoms with van der Waals surface area (Å²) < 4.78 is 13.2. The van der Waals surface area contributed by atoms with E-state index in [0.717, 1.165) is 0 Å². The number of nitrogens with one attached hydrogen (secondary N) is 1. The molecule has 0 saturated carbocycles. The molecule has 4 heteroatoms. The minimum atomic E-state index is -1.15. The standard InChI is InChI=1S/C18H18FNO2/c1-3-7-13(10-12(2)19)11-16(21)17-14-8-5-4-6-9-15(14)20-18(17)22/h3-10,12H,11H2,1-2H3,(H,20,22). The number of fused-ring (bicyclic) bond motifs is 1. The molecule has 1 heterocycles. The summed E-state index contributed by atoms with van der Waals surface area (Å²) in [4.78, 5) is 27.2. The zero-order valence-electron chi connectivity index (χ0n) is 12.6. The van der Waals surface area contributed by atoms with Gasteiger partial charge in [0, 0.05) is 17.7 Å². The Morgan fingerprint density at radius 3 is 2.73 bits per heavy atom. The van der Waals surface area contributed by atoms with Crippen LogP contribution in [0.2, 0.25) is 0 Å². The van der Waals surface area contributed by atoms with E-state index in [1.165, 1.54) is 13.0 Å². The number of aromatic amines is 1. The molecule has 0 aromatic rings. The summed E-state index contributed by atoms with van der Waals surface area (Å²) in [5.74, 6) is -0.313. The van der Waals surface area contributed by atoms with E-state index in [0.29, 0.717) is 16.8 Å². The third-order valence-electron chi connectivity index (χ3n) is 3.25. The molecule has 0 fully saturated rings. The zero-order valence-corrected chi connectivity index (χ0v) is 12.6. The molecule has 1 N–H and O–H groups in total. The maximum atomic E-state index is 13.2. The Bertz CT molecular complexity index is 756. The van der Waals surface area contributed by atoms with E-state index in [1.54, 1.807) is 43.3 Å². The van der Waals surface area contributed by atoms with Gasteiger partial charge < -0.3 is 4.98 Å². The van der Waals surface area contributed by atoms with Crippen LogP contribution in [0.1, 0.15) is 30.6 Å². The quantitative estimate of drug-likeness (QED) is 0.672. The molecule has 0 radical (unpaired) electrons. The SMILES string of the molecule is CC=CC(=CC(C)F)CC(=O)c1c2cccccc-2[nH]c1=O. The monoisotopic (exact) mass is 299 g/mol. The Morgan fingerprint density at radius 2 is 2.05 bits per heavy atom. The number of hydrogen-bond donors (Lipinski definition) is 1. The molecule has 1 aliphatic carbocycles. The van der Waals surface area contributed by atoms with Crippen LogP contribution in [0.5, 0.6) is 0 Å². The van der Waals surface area contributed by atoms with Crippen molar-refractivity contribution in [3.8, 4) is 11.3 Å². The van der Waals surface area contributed by atoms with E-state index >= 15 is 0 Å².